The lowest BCUT2D eigenvalue weighted by atomic mass is 10.2. The number of hydrazone groups is 1. The van der Waals surface area contributed by atoms with Gasteiger partial charge in [0.15, 0.2) is 0 Å². The number of benzene rings is 3. The molecule has 0 atom stereocenters. The molecule has 0 saturated carbocycles. The van der Waals surface area contributed by atoms with Crippen LogP contribution in [0.1, 0.15) is 16.7 Å². The maximum atomic E-state index is 6.10. The Morgan fingerprint density at radius 2 is 1.81 bits per heavy atom. The van der Waals surface area contributed by atoms with Gasteiger partial charge in [0.25, 0.3) is 5.95 Å². The van der Waals surface area contributed by atoms with Crippen LogP contribution in [0.15, 0.2) is 89.1 Å². The highest BCUT2D eigenvalue weighted by Crippen LogP contribution is 2.23. The maximum absolute atomic E-state index is 6.10. The molecule has 3 N–H and O–H groups in total. The van der Waals surface area contributed by atoms with Gasteiger partial charge in [0.05, 0.1) is 6.21 Å². The number of rotatable bonds is 8. The van der Waals surface area contributed by atoms with Gasteiger partial charge >= 0.3 is 0 Å². The van der Waals surface area contributed by atoms with E-state index in [0.29, 0.717) is 11.1 Å². The normalized spacial score (nSPS) is 11.0. The molecule has 31 heavy (non-hydrogen) atoms. The Hall–Kier alpha value is -3.78. The van der Waals surface area contributed by atoms with E-state index in [1.54, 1.807) is 6.21 Å². The van der Waals surface area contributed by atoms with Gasteiger partial charge in [-0.15, -0.1) is 10.2 Å². The second kappa shape index (κ2) is 9.82. The molecule has 4 aromatic rings. The summed E-state index contributed by atoms with van der Waals surface area (Å²) in [4.78, 5) is 0. The fourth-order valence-corrected chi connectivity index (χ4v) is 3.65. The van der Waals surface area contributed by atoms with Gasteiger partial charge < -0.3 is 10.6 Å². The van der Waals surface area contributed by atoms with E-state index in [1.165, 1.54) is 27.6 Å². The average Bonchev–Trinajstić information content (AvgIpc) is 3.13. The van der Waals surface area contributed by atoms with Crippen LogP contribution in [-0.4, -0.2) is 21.1 Å². The summed E-state index contributed by atoms with van der Waals surface area (Å²) in [7, 11) is 0. The lowest BCUT2D eigenvalue weighted by Gasteiger charge is -2.06. The third-order valence-corrected chi connectivity index (χ3v) is 5.34. The van der Waals surface area contributed by atoms with E-state index in [1.807, 2.05) is 60.7 Å². The van der Waals surface area contributed by atoms with Gasteiger partial charge in [0, 0.05) is 5.75 Å². The van der Waals surface area contributed by atoms with Crippen molar-refractivity contribution in [1.82, 2.24) is 14.9 Å². The average molecular weight is 431 g/mol. The van der Waals surface area contributed by atoms with Crippen molar-refractivity contribution in [3.63, 3.8) is 0 Å². The second-order valence-electron chi connectivity index (χ2n) is 6.81. The fraction of sp³-hybridized carbons (Fsp3) is 0.0870. The number of para-hydroxylation sites is 1. The lowest BCUT2D eigenvalue weighted by Crippen LogP contribution is -2.13. The van der Waals surface area contributed by atoms with Crippen molar-refractivity contribution in [2.24, 2.45) is 5.10 Å². The standard InChI is InChI=1S/C23H22N6OS/c1-17-7-5-9-19(13-17)16-31-23-28-27-22(29(23)24)26-25-15-18-8-6-12-21(14-18)30-20-10-3-2-4-11-20/h2-15H,16,24H2,1H3,(H,26,27)/b25-15+. The van der Waals surface area contributed by atoms with Crippen molar-refractivity contribution >= 4 is 23.9 Å². The number of anilines is 1. The minimum atomic E-state index is 0.361. The third kappa shape index (κ3) is 5.64. The van der Waals surface area contributed by atoms with E-state index < -0.39 is 0 Å². The molecular formula is C23H22N6OS. The molecule has 1 aromatic heterocycles. The SMILES string of the molecule is Cc1cccc(CSc2nnc(N/N=C/c3cccc(Oc4ccccc4)c3)n2N)c1. The molecular weight excluding hydrogens is 408 g/mol. The summed E-state index contributed by atoms with van der Waals surface area (Å²) in [5.41, 5.74) is 6.14. The largest absolute Gasteiger partial charge is 0.457 e. The highest BCUT2D eigenvalue weighted by molar-refractivity contribution is 7.98. The van der Waals surface area contributed by atoms with Crippen molar-refractivity contribution in [3.8, 4) is 11.5 Å². The number of nitrogen functional groups attached to an aromatic ring is 1. The Balaban J connectivity index is 1.35. The Bertz CT molecular complexity index is 1180. The Labute approximate surface area is 184 Å². The molecule has 156 valence electrons. The van der Waals surface area contributed by atoms with Gasteiger partial charge in [0.2, 0.25) is 5.16 Å². The quantitative estimate of drug-likeness (QED) is 0.180. The molecule has 0 unspecified atom stereocenters. The molecule has 0 saturated heterocycles. The molecule has 4 rings (SSSR count). The van der Waals surface area contributed by atoms with Crippen LogP contribution in [-0.2, 0) is 5.75 Å². The molecule has 0 radical (unpaired) electrons. The molecule has 0 bridgehead atoms. The summed E-state index contributed by atoms with van der Waals surface area (Å²) in [6, 6.07) is 25.6. The minimum absolute atomic E-state index is 0.361. The van der Waals surface area contributed by atoms with Crippen LogP contribution >= 0.6 is 11.8 Å². The molecule has 0 aliphatic carbocycles. The summed E-state index contributed by atoms with van der Waals surface area (Å²) in [5, 5.41) is 13.0. The number of ether oxygens (including phenoxy) is 1. The molecule has 7 nitrogen and oxygen atoms in total. The van der Waals surface area contributed by atoms with Crippen molar-refractivity contribution in [2.75, 3.05) is 11.3 Å². The Kier molecular flexibility index (Phi) is 6.49. The lowest BCUT2D eigenvalue weighted by molar-refractivity contribution is 0.482. The zero-order valence-electron chi connectivity index (χ0n) is 17.0. The molecule has 0 aliphatic heterocycles. The van der Waals surface area contributed by atoms with E-state index in [-0.39, 0.29) is 0 Å². The first-order valence-electron chi connectivity index (χ1n) is 9.68. The highest BCUT2D eigenvalue weighted by atomic mass is 32.2. The molecule has 8 heteroatoms. The van der Waals surface area contributed by atoms with Crippen LogP contribution in [0.3, 0.4) is 0 Å². The van der Waals surface area contributed by atoms with Crippen LogP contribution in [0.25, 0.3) is 0 Å². The van der Waals surface area contributed by atoms with Crippen LogP contribution in [0.5, 0.6) is 11.5 Å². The van der Waals surface area contributed by atoms with Crippen molar-refractivity contribution in [3.05, 3.63) is 95.6 Å². The number of nitrogens with zero attached hydrogens (tertiary/aromatic N) is 4. The van der Waals surface area contributed by atoms with Crippen LogP contribution in [0.2, 0.25) is 0 Å². The number of aryl methyl sites for hydroxylation is 1. The number of aromatic nitrogens is 3. The smallest absolute Gasteiger partial charge is 0.264 e. The number of nitrogens with two attached hydrogens (primary N) is 1. The molecule has 0 aliphatic rings. The topological polar surface area (TPSA) is 90.4 Å². The summed E-state index contributed by atoms with van der Waals surface area (Å²) in [6.07, 6.45) is 1.67. The number of hydrogen-bond donors (Lipinski definition) is 2. The van der Waals surface area contributed by atoms with Crippen molar-refractivity contribution in [2.45, 2.75) is 17.8 Å². The van der Waals surface area contributed by atoms with E-state index in [9.17, 15) is 0 Å². The van der Waals surface area contributed by atoms with Gasteiger partial charge in [-0.05, 0) is 42.3 Å². The second-order valence-corrected chi connectivity index (χ2v) is 7.75. The summed E-state index contributed by atoms with van der Waals surface area (Å²) < 4.78 is 7.24. The van der Waals surface area contributed by atoms with Gasteiger partial charge in [-0.2, -0.15) is 5.10 Å². The van der Waals surface area contributed by atoms with Gasteiger partial charge in [0.1, 0.15) is 11.5 Å². The molecule has 1 heterocycles. The molecule has 0 spiro atoms. The number of thioether (sulfide) groups is 1. The van der Waals surface area contributed by atoms with E-state index in [0.717, 1.165) is 22.8 Å². The third-order valence-electron chi connectivity index (χ3n) is 4.33. The Morgan fingerprint density at radius 3 is 2.65 bits per heavy atom. The predicted molar refractivity (Wildman–Crippen MR) is 125 cm³/mol. The van der Waals surface area contributed by atoms with Crippen molar-refractivity contribution < 1.29 is 4.74 Å². The summed E-state index contributed by atoms with van der Waals surface area (Å²) in [5.74, 6) is 8.73. The monoisotopic (exact) mass is 430 g/mol. The summed E-state index contributed by atoms with van der Waals surface area (Å²) >= 11 is 1.52. The van der Waals surface area contributed by atoms with E-state index in [2.05, 4.69) is 45.8 Å². The molecule has 0 amide bonds. The Morgan fingerprint density at radius 1 is 1.00 bits per heavy atom. The molecule has 3 aromatic carbocycles. The van der Waals surface area contributed by atoms with Crippen LogP contribution in [0.4, 0.5) is 5.95 Å². The van der Waals surface area contributed by atoms with Crippen molar-refractivity contribution in [1.29, 1.82) is 0 Å². The van der Waals surface area contributed by atoms with Gasteiger partial charge in [-0.1, -0.05) is 71.9 Å². The maximum Gasteiger partial charge on any atom is 0.264 e. The van der Waals surface area contributed by atoms with Gasteiger partial charge in [-0.25, -0.2) is 10.1 Å². The first-order chi connectivity index (χ1) is 15.2. The minimum Gasteiger partial charge on any atom is -0.457 e. The number of hydrogen-bond acceptors (Lipinski definition) is 7. The summed E-state index contributed by atoms with van der Waals surface area (Å²) in [6.45, 7) is 2.07. The number of nitrogens with one attached hydrogen (secondary N) is 1. The van der Waals surface area contributed by atoms with Gasteiger partial charge in [-0.3, -0.25) is 0 Å². The first-order valence-corrected chi connectivity index (χ1v) is 10.7. The predicted octanol–water partition coefficient (Wildman–Crippen LogP) is 4.83. The van der Waals surface area contributed by atoms with Crippen LogP contribution < -0.4 is 16.0 Å². The highest BCUT2D eigenvalue weighted by Gasteiger charge is 2.09. The zero-order chi connectivity index (χ0) is 21.5. The zero-order valence-corrected chi connectivity index (χ0v) is 17.8. The fourth-order valence-electron chi connectivity index (χ4n) is 2.85. The van der Waals surface area contributed by atoms with E-state index in [4.69, 9.17) is 10.6 Å². The van der Waals surface area contributed by atoms with Crippen LogP contribution in [0, 0.1) is 6.92 Å². The first kappa shape index (κ1) is 20.5. The molecule has 0 fully saturated rings. The van der Waals surface area contributed by atoms with E-state index >= 15 is 0 Å².